The Labute approximate surface area is 144 Å². The van der Waals surface area contributed by atoms with Crippen molar-refractivity contribution >= 4 is 17.7 Å². The van der Waals surface area contributed by atoms with E-state index in [0.717, 1.165) is 11.8 Å². The molecule has 2 rings (SSSR count). The van der Waals surface area contributed by atoms with Crippen LogP contribution in [0, 0.1) is 11.8 Å². The van der Waals surface area contributed by atoms with Gasteiger partial charge < -0.3 is 5.32 Å². The van der Waals surface area contributed by atoms with Crippen molar-refractivity contribution in [2.24, 2.45) is 11.8 Å². The Morgan fingerprint density at radius 2 is 1.68 bits per heavy atom. The molecule has 0 aromatic carbocycles. The number of alkyl halides is 6. The van der Waals surface area contributed by atoms with Gasteiger partial charge in [-0.05, 0) is 37.7 Å². The second-order valence-corrected chi connectivity index (χ2v) is 6.71. The summed E-state index contributed by atoms with van der Waals surface area (Å²) < 4.78 is 77.8. The maximum absolute atomic E-state index is 13.0. The highest BCUT2D eigenvalue weighted by Gasteiger charge is 2.52. The molecule has 0 saturated heterocycles. The molecule has 1 aromatic heterocycles. The van der Waals surface area contributed by atoms with Crippen molar-refractivity contribution < 1.29 is 31.1 Å². The summed E-state index contributed by atoms with van der Waals surface area (Å²) >= 11 is 1.16. The Morgan fingerprint density at radius 3 is 2.16 bits per heavy atom. The SMILES string of the molecule is CSc1ncccc1C(=O)NC1C[C@@H](C(F)(F)F)C[C@H](C(F)(F)F)C1. The number of nitrogens with zero attached hydrogens (tertiary/aromatic N) is 1. The Hall–Kier alpha value is -1.45. The number of nitrogens with one attached hydrogen (secondary N) is 1. The third kappa shape index (κ3) is 5.02. The van der Waals surface area contributed by atoms with Crippen molar-refractivity contribution in [3.05, 3.63) is 23.9 Å². The lowest BCUT2D eigenvalue weighted by molar-refractivity contribution is -0.225. The Kier molecular flexibility index (Phi) is 5.90. The van der Waals surface area contributed by atoms with Crippen molar-refractivity contribution in [3.8, 4) is 0 Å². The highest BCUT2D eigenvalue weighted by atomic mass is 32.2. The summed E-state index contributed by atoms with van der Waals surface area (Å²) in [6.45, 7) is 0. The van der Waals surface area contributed by atoms with E-state index in [2.05, 4.69) is 10.3 Å². The first-order valence-electron chi connectivity index (χ1n) is 7.45. The lowest BCUT2D eigenvalue weighted by atomic mass is 9.77. The second-order valence-electron chi connectivity index (χ2n) is 5.91. The summed E-state index contributed by atoms with van der Waals surface area (Å²) in [7, 11) is 0. The van der Waals surface area contributed by atoms with Crippen LogP contribution >= 0.6 is 11.8 Å². The molecule has 0 unspecified atom stereocenters. The van der Waals surface area contributed by atoms with Crippen LogP contribution in [0.3, 0.4) is 0 Å². The molecule has 1 aromatic rings. The number of hydrogen-bond donors (Lipinski definition) is 1. The standard InChI is InChI=1S/C15H16F6N2OS/c1-25-13-11(3-2-4-22-13)12(24)23-10-6-8(14(16,17)18)5-9(7-10)15(19,20)21/h2-4,8-10H,5-7H2,1H3,(H,23,24)/t8-,9-/m0/s1. The molecule has 0 bridgehead atoms. The number of halogens is 6. The molecule has 1 amide bonds. The summed E-state index contributed by atoms with van der Waals surface area (Å²) in [5, 5.41) is 2.68. The van der Waals surface area contributed by atoms with Gasteiger partial charge in [-0.25, -0.2) is 4.98 Å². The largest absolute Gasteiger partial charge is 0.391 e. The minimum atomic E-state index is -4.73. The smallest absolute Gasteiger partial charge is 0.349 e. The molecule has 1 N–H and O–H groups in total. The number of hydrogen-bond acceptors (Lipinski definition) is 3. The zero-order chi connectivity index (χ0) is 18.8. The zero-order valence-electron chi connectivity index (χ0n) is 13.1. The molecule has 1 aliphatic carbocycles. The van der Waals surface area contributed by atoms with Gasteiger partial charge in [0, 0.05) is 12.2 Å². The van der Waals surface area contributed by atoms with E-state index in [1.54, 1.807) is 6.26 Å². The molecule has 2 atom stereocenters. The highest BCUT2D eigenvalue weighted by molar-refractivity contribution is 7.98. The number of thioether (sulfide) groups is 1. The van der Waals surface area contributed by atoms with E-state index >= 15 is 0 Å². The molecule has 1 fully saturated rings. The summed E-state index contributed by atoms with van der Waals surface area (Å²) in [4.78, 5) is 16.2. The van der Waals surface area contributed by atoms with Crippen LogP contribution in [0.2, 0.25) is 0 Å². The number of pyridine rings is 1. The van der Waals surface area contributed by atoms with Gasteiger partial charge in [-0.1, -0.05) is 0 Å². The molecule has 1 heterocycles. The molecule has 3 nitrogen and oxygen atoms in total. The van der Waals surface area contributed by atoms with Gasteiger partial charge in [0.1, 0.15) is 5.03 Å². The van der Waals surface area contributed by atoms with E-state index < -0.39 is 55.4 Å². The Bertz CT molecular complexity index is 597. The maximum Gasteiger partial charge on any atom is 0.391 e. The fraction of sp³-hybridized carbons (Fsp3) is 0.600. The van der Waals surface area contributed by atoms with Gasteiger partial charge in [0.05, 0.1) is 17.4 Å². The number of aromatic nitrogens is 1. The first-order valence-corrected chi connectivity index (χ1v) is 8.68. The van der Waals surface area contributed by atoms with Crippen LogP contribution in [0.5, 0.6) is 0 Å². The average Bonchev–Trinajstić information content (AvgIpc) is 2.52. The van der Waals surface area contributed by atoms with Crippen LogP contribution in [0.25, 0.3) is 0 Å². The third-order valence-corrected chi connectivity index (χ3v) is 4.89. The van der Waals surface area contributed by atoms with Gasteiger partial charge in [-0.15, -0.1) is 11.8 Å². The van der Waals surface area contributed by atoms with Gasteiger partial charge in [0.25, 0.3) is 5.91 Å². The van der Waals surface area contributed by atoms with E-state index in [0.29, 0.717) is 5.03 Å². The fourth-order valence-electron chi connectivity index (χ4n) is 2.96. The summed E-state index contributed by atoms with van der Waals surface area (Å²) in [5.41, 5.74) is 0.132. The van der Waals surface area contributed by atoms with Gasteiger partial charge >= 0.3 is 12.4 Å². The Balaban J connectivity index is 2.17. The van der Waals surface area contributed by atoms with Crippen molar-refractivity contribution in [2.45, 2.75) is 42.7 Å². The minimum absolute atomic E-state index is 0.132. The van der Waals surface area contributed by atoms with E-state index in [1.165, 1.54) is 18.3 Å². The molecule has 140 valence electrons. The molecule has 0 radical (unpaired) electrons. The lowest BCUT2D eigenvalue weighted by Crippen LogP contribution is -2.47. The first kappa shape index (κ1) is 19.9. The zero-order valence-corrected chi connectivity index (χ0v) is 13.9. The molecule has 0 aliphatic heterocycles. The van der Waals surface area contributed by atoms with Gasteiger partial charge in [-0.3, -0.25) is 4.79 Å². The monoisotopic (exact) mass is 386 g/mol. The fourth-order valence-corrected chi connectivity index (χ4v) is 3.51. The van der Waals surface area contributed by atoms with Crippen LogP contribution in [-0.2, 0) is 0 Å². The van der Waals surface area contributed by atoms with Crippen LogP contribution in [-0.4, -0.2) is 35.5 Å². The maximum atomic E-state index is 13.0. The van der Waals surface area contributed by atoms with E-state index in [9.17, 15) is 31.1 Å². The number of amides is 1. The minimum Gasteiger partial charge on any atom is -0.349 e. The van der Waals surface area contributed by atoms with E-state index in [4.69, 9.17) is 0 Å². The molecule has 10 heteroatoms. The van der Waals surface area contributed by atoms with Crippen molar-refractivity contribution in [1.82, 2.24) is 10.3 Å². The van der Waals surface area contributed by atoms with Gasteiger partial charge in [-0.2, -0.15) is 26.3 Å². The summed E-state index contributed by atoms with van der Waals surface area (Å²) in [6, 6.07) is 1.71. The van der Waals surface area contributed by atoms with Crippen LogP contribution in [0.4, 0.5) is 26.3 Å². The van der Waals surface area contributed by atoms with Crippen LogP contribution in [0.1, 0.15) is 29.6 Å². The molecule has 1 aliphatic rings. The number of rotatable bonds is 3. The summed E-state index contributed by atoms with van der Waals surface area (Å²) in [6.07, 6.45) is -8.46. The van der Waals surface area contributed by atoms with Crippen molar-refractivity contribution in [1.29, 1.82) is 0 Å². The quantitative estimate of drug-likeness (QED) is 0.617. The molecule has 25 heavy (non-hydrogen) atoms. The summed E-state index contributed by atoms with van der Waals surface area (Å²) in [5.74, 6) is -4.90. The number of carbonyl (C=O) groups is 1. The molecule has 0 spiro atoms. The van der Waals surface area contributed by atoms with Crippen LogP contribution < -0.4 is 5.32 Å². The van der Waals surface area contributed by atoms with E-state index in [1.807, 2.05) is 0 Å². The lowest BCUT2D eigenvalue weighted by Gasteiger charge is -2.37. The first-order chi connectivity index (χ1) is 11.5. The van der Waals surface area contributed by atoms with Crippen molar-refractivity contribution in [2.75, 3.05) is 6.26 Å². The predicted molar refractivity (Wildman–Crippen MR) is 80.2 cm³/mol. The topological polar surface area (TPSA) is 42.0 Å². The van der Waals surface area contributed by atoms with Gasteiger partial charge in [0.15, 0.2) is 0 Å². The molecule has 1 saturated carbocycles. The van der Waals surface area contributed by atoms with Crippen molar-refractivity contribution in [3.63, 3.8) is 0 Å². The van der Waals surface area contributed by atoms with Crippen LogP contribution in [0.15, 0.2) is 23.4 Å². The molecular weight excluding hydrogens is 370 g/mol. The predicted octanol–water partition coefficient (Wildman–Crippen LogP) is 4.44. The third-order valence-electron chi connectivity index (χ3n) is 4.18. The average molecular weight is 386 g/mol. The number of carbonyl (C=O) groups excluding carboxylic acids is 1. The normalized spacial score (nSPS) is 24.8. The van der Waals surface area contributed by atoms with E-state index in [-0.39, 0.29) is 5.56 Å². The second kappa shape index (κ2) is 7.43. The Morgan fingerprint density at radius 1 is 1.12 bits per heavy atom. The molecular formula is C15H16F6N2OS. The highest BCUT2D eigenvalue weighted by Crippen LogP contribution is 2.45. The van der Waals surface area contributed by atoms with Gasteiger partial charge in [0.2, 0.25) is 0 Å².